The summed E-state index contributed by atoms with van der Waals surface area (Å²) in [6, 6.07) is 10.8. The van der Waals surface area contributed by atoms with E-state index in [1.165, 1.54) is 6.42 Å². The SMILES string of the molecule is N#CC1=C([C@@H]2C[C@H]3CC[C@@H]2NC3)Nc2[nH]ncc2C1c1cccc(C#N)c1Br. The molecule has 1 aromatic heterocycles. The summed E-state index contributed by atoms with van der Waals surface area (Å²) in [6.45, 7) is 1.07. The maximum atomic E-state index is 10.2. The number of aromatic amines is 1. The summed E-state index contributed by atoms with van der Waals surface area (Å²) < 4.78 is 0.743. The van der Waals surface area contributed by atoms with E-state index < -0.39 is 0 Å². The lowest BCUT2D eigenvalue weighted by Crippen LogP contribution is -2.52. The standard InChI is InChI=1S/C21H19BrN6/c22-19-12(7-23)2-1-3-13(19)18-15(8-24)20(27-21-16(18)10-26-28-21)14-6-11-4-5-17(14)25-9-11/h1-3,10-11,14,17-18,25H,4-6,9H2,(H2,26,27,28)/t11-,14-,17+,18?/m1/s1. The Hall–Kier alpha value is -2.61. The number of hydrogen-bond donors (Lipinski definition) is 3. The minimum Gasteiger partial charge on any atom is -0.343 e. The van der Waals surface area contributed by atoms with Crippen LogP contribution in [0.25, 0.3) is 0 Å². The zero-order valence-electron chi connectivity index (χ0n) is 15.2. The first-order chi connectivity index (χ1) is 13.7. The van der Waals surface area contributed by atoms with Crippen molar-refractivity contribution in [2.75, 3.05) is 11.9 Å². The van der Waals surface area contributed by atoms with E-state index in [9.17, 15) is 10.5 Å². The number of rotatable bonds is 2. The van der Waals surface area contributed by atoms with Crippen LogP contribution in [0.1, 0.15) is 41.9 Å². The van der Waals surface area contributed by atoms with Crippen LogP contribution in [-0.4, -0.2) is 22.8 Å². The molecule has 6 nitrogen and oxygen atoms in total. The Morgan fingerprint density at radius 3 is 2.71 bits per heavy atom. The minimum absolute atomic E-state index is 0.252. The Bertz CT molecular complexity index is 1050. The number of hydrogen-bond acceptors (Lipinski definition) is 5. The number of benzene rings is 1. The zero-order valence-corrected chi connectivity index (χ0v) is 16.8. The van der Waals surface area contributed by atoms with Crippen LogP contribution >= 0.6 is 15.9 Å². The summed E-state index contributed by atoms with van der Waals surface area (Å²) >= 11 is 3.60. The third kappa shape index (κ3) is 2.58. The van der Waals surface area contributed by atoms with Gasteiger partial charge in [0.25, 0.3) is 0 Å². The molecule has 3 N–H and O–H groups in total. The summed E-state index contributed by atoms with van der Waals surface area (Å²) in [4.78, 5) is 0. The van der Waals surface area contributed by atoms with Crippen LogP contribution < -0.4 is 10.6 Å². The van der Waals surface area contributed by atoms with E-state index in [-0.39, 0.29) is 5.92 Å². The molecular weight excluding hydrogens is 416 g/mol. The zero-order chi connectivity index (χ0) is 19.3. The number of allylic oxidation sites excluding steroid dienone is 1. The molecule has 4 heterocycles. The molecule has 140 valence electrons. The van der Waals surface area contributed by atoms with Crippen LogP contribution in [0.15, 0.2) is 40.1 Å². The molecule has 7 heteroatoms. The van der Waals surface area contributed by atoms with Gasteiger partial charge < -0.3 is 10.6 Å². The lowest BCUT2D eigenvalue weighted by atomic mass is 9.70. The van der Waals surface area contributed by atoms with Gasteiger partial charge in [-0.1, -0.05) is 12.1 Å². The molecule has 3 fully saturated rings. The first-order valence-electron chi connectivity index (χ1n) is 9.57. The molecule has 2 saturated heterocycles. The Morgan fingerprint density at radius 2 is 2.04 bits per heavy atom. The third-order valence-corrected chi connectivity index (χ3v) is 7.28. The molecule has 2 aromatic rings. The summed E-state index contributed by atoms with van der Waals surface area (Å²) in [6.07, 6.45) is 5.28. The van der Waals surface area contributed by atoms with Crippen molar-refractivity contribution in [3.05, 3.63) is 56.8 Å². The van der Waals surface area contributed by atoms with Crippen molar-refractivity contribution < 1.29 is 0 Å². The second-order valence-corrected chi connectivity index (χ2v) is 8.61. The molecule has 1 saturated carbocycles. The predicted octanol–water partition coefficient (Wildman–Crippen LogP) is 3.77. The van der Waals surface area contributed by atoms with Gasteiger partial charge in [0.2, 0.25) is 0 Å². The molecule has 1 aliphatic carbocycles. The quantitative estimate of drug-likeness (QED) is 0.667. The molecule has 0 radical (unpaired) electrons. The van der Waals surface area contributed by atoms with Crippen molar-refractivity contribution >= 4 is 21.7 Å². The number of nitrogens with zero attached hydrogens (tertiary/aromatic N) is 3. The van der Waals surface area contributed by atoms with Gasteiger partial charge in [0, 0.05) is 27.7 Å². The molecule has 1 unspecified atom stereocenters. The molecular formula is C21H19BrN6. The fourth-order valence-corrected chi connectivity index (χ4v) is 5.63. The summed E-state index contributed by atoms with van der Waals surface area (Å²) in [5, 5.41) is 34.1. The molecule has 28 heavy (non-hydrogen) atoms. The van der Waals surface area contributed by atoms with Gasteiger partial charge in [0.15, 0.2) is 0 Å². The molecule has 1 aromatic carbocycles. The summed E-state index contributed by atoms with van der Waals surface area (Å²) in [7, 11) is 0. The topological polar surface area (TPSA) is 100 Å². The van der Waals surface area contributed by atoms with Gasteiger partial charge in [-0.2, -0.15) is 15.6 Å². The van der Waals surface area contributed by atoms with Crippen molar-refractivity contribution in [1.82, 2.24) is 15.5 Å². The van der Waals surface area contributed by atoms with E-state index in [0.29, 0.717) is 23.4 Å². The van der Waals surface area contributed by atoms with Crippen molar-refractivity contribution in [2.24, 2.45) is 11.8 Å². The Kier molecular flexibility index (Phi) is 4.23. The number of H-pyrrole nitrogens is 1. The average Bonchev–Trinajstić information content (AvgIpc) is 3.22. The van der Waals surface area contributed by atoms with Crippen molar-refractivity contribution in [2.45, 2.75) is 31.2 Å². The largest absolute Gasteiger partial charge is 0.343 e. The van der Waals surface area contributed by atoms with E-state index in [0.717, 1.165) is 52.1 Å². The van der Waals surface area contributed by atoms with Gasteiger partial charge >= 0.3 is 0 Å². The lowest BCUT2D eigenvalue weighted by Gasteiger charge is -2.45. The van der Waals surface area contributed by atoms with E-state index in [4.69, 9.17) is 0 Å². The van der Waals surface area contributed by atoms with Crippen LogP contribution in [0.5, 0.6) is 0 Å². The third-order valence-electron chi connectivity index (χ3n) is 6.40. The van der Waals surface area contributed by atoms with Gasteiger partial charge in [-0.15, -0.1) is 0 Å². The molecule has 0 spiro atoms. The van der Waals surface area contributed by atoms with E-state index >= 15 is 0 Å². The first-order valence-corrected chi connectivity index (χ1v) is 10.4. The highest BCUT2D eigenvalue weighted by atomic mass is 79.9. The highest BCUT2D eigenvalue weighted by Crippen LogP contribution is 2.48. The van der Waals surface area contributed by atoms with Crippen molar-refractivity contribution in [1.29, 1.82) is 10.5 Å². The maximum absolute atomic E-state index is 10.2. The van der Waals surface area contributed by atoms with Crippen LogP contribution in [0.2, 0.25) is 0 Å². The number of halogens is 1. The molecule has 6 rings (SSSR count). The lowest BCUT2D eigenvalue weighted by molar-refractivity contribution is 0.160. The smallest absolute Gasteiger partial charge is 0.129 e. The Labute approximate surface area is 171 Å². The minimum atomic E-state index is -0.252. The number of nitrogens with one attached hydrogen (secondary N) is 3. The highest BCUT2D eigenvalue weighted by Gasteiger charge is 2.42. The normalized spacial score (nSPS) is 28.2. The van der Waals surface area contributed by atoms with E-state index in [2.05, 4.69) is 48.9 Å². The maximum Gasteiger partial charge on any atom is 0.129 e. The fraction of sp³-hybridized carbons (Fsp3) is 0.381. The molecule has 4 aliphatic rings. The molecule has 4 atom stereocenters. The number of fused-ring (bicyclic) bond motifs is 4. The molecule has 3 aliphatic heterocycles. The van der Waals surface area contributed by atoms with Crippen LogP contribution in [0, 0.1) is 34.5 Å². The molecule has 2 bridgehead atoms. The van der Waals surface area contributed by atoms with Gasteiger partial charge in [0.1, 0.15) is 11.9 Å². The van der Waals surface area contributed by atoms with Crippen LogP contribution in [0.3, 0.4) is 0 Å². The van der Waals surface area contributed by atoms with Crippen LogP contribution in [0.4, 0.5) is 5.82 Å². The number of anilines is 1. The fourth-order valence-electron chi connectivity index (χ4n) is 5.05. The monoisotopic (exact) mass is 434 g/mol. The highest BCUT2D eigenvalue weighted by molar-refractivity contribution is 9.10. The summed E-state index contributed by atoms with van der Waals surface area (Å²) in [5.41, 5.74) is 4.15. The van der Waals surface area contributed by atoms with Crippen molar-refractivity contribution in [3.8, 4) is 12.1 Å². The number of piperidine rings is 2. The predicted molar refractivity (Wildman–Crippen MR) is 108 cm³/mol. The first kappa shape index (κ1) is 17.5. The second-order valence-electron chi connectivity index (χ2n) is 7.82. The van der Waals surface area contributed by atoms with Gasteiger partial charge in [-0.3, -0.25) is 5.10 Å². The number of aromatic nitrogens is 2. The van der Waals surface area contributed by atoms with E-state index in [1.54, 1.807) is 12.3 Å². The number of nitriles is 2. The van der Waals surface area contributed by atoms with E-state index in [1.807, 2.05) is 12.1 Å². The van der Waals surface area contributed by atoms with Gasteiger partial charge in [-0.25, -0.2) is 0 Å². The van der Waals surface area contributed by atoms with Gasteiger partial charge in [0.05, 0.1) is 29.3 Å². The Morgan fingerprint density at radius 1 is 1.14 bits per heavy atom. The van der Waals surface area contributed by atoms with Crippen LogP contribution in [-0.2, 0) is 0 Å². The van der Waals surface area contributed by atoms with Gasteiger partial charge in [-0.05, 0) is 59.3 Å². The average molecular weight is 435 g/mol. The molecule has 0 amide bonds. The second kappa shape index (κ2) is 6.77. The van der Waals surface area contributed by atoms with Crippen molar-refractivity contribution in [3.63, 3.8) is 0 Å². The summed E-state index contributed by atoms with van der Waals surface area (Å²) in [5.74, 6) is 1.55. The Balaban J connectivity index is 1.68.